The van der Waals surface area contributed by atoms with Crippen molar-refractivity contribution in [3.05, 3.63) is 144 Å². The molecule has 0 saturated carbocycles. The quantitative estimate of drug-likeness (QED) is 0.374. The van der Waals surface area contributed by atoms with Gasteiger partial charge in [0, 0.05) is 12.5 Å². The number of hydrogen-bond donors (Lipinski definition) is 0. The number of hydrogen-bond acceptors (Lipinski definition) is 2. The van der Waals surface area contributed by atoms with Crippen LogP contribution in [-0.4, -0.2) is 12.1 Å². The molecule has 4 aromatic carbocycles. The number of fused-ring (bicyclic) bond motifs is 1. The zero-order valence-corrected chi connectivity index (χ0v) is 18.5. The molecule has 1 atom stereocenters. The molecule has 0 radical (unpaired) electrons. The molecule has 3 heteroatoms. The van der Waals surface area contributed by atoms with Gasteiger partial charge >= 0.3 is 0 Å². The number of rotatable bonds is 4. The summed E-state index contributed by atoms with van der Waals surface area (Å²) in [6.45, 7) is 1.58. The minimum atomic E-state index is -0.864. The van der Waals surface area contributed by atoms with Crippen molar-refractivity contribution in [2.24, 2.45) is 0 Å². The summed E-state index contributed by atoms with van der Waals surface area (Å²) in [5.41, 5.74) is 4.02. The van der Waals surface area contributed by atoms with Crippen molar-refractivity contribution in [1.82, 2.24) is 0 Å². The molecule has 5 rings (SSSR count). The smallest absolute Gasteiger partial charge is 0.226 e. The van der Waals surface area contributed by atoms with E-state index in [1.807, 2.05) is 97.1 Å². The van der Waals surface area contributed by atoms with Crippen LogP contribution in [0.25, 0.3) is 6.08 Å². The van der Waals surface area contributed by atoms with E-state index >= 15 is 0 Å². The standard InChI is InChI=1S/C30H25NO2/c1-23(32)31-28-20-12-11-19-27(28)30(25-15-7-3-8-16-25,26-17-9-4-10-18-26)33-29(31)22-21-24-13-5-2-6-14-24/h2-22,29H,1H3. The van der Waals surface area contributed by atoms with Crippen LogP contribution >= 0.6 is 0 Å². The van der Waals surface area contributed by atoms with Gasteiger partial charge in [-0.3, -0.25) is 9.69 Å². The molecule has 162 valence electrons. The first-order valence-corrected chi connectivity index (χ1v) is 11.1. The molecule has 0 spiro atoms. The molecule has 1 aliphatic rings. The molecule has 0 aromatic heterocycles. The fourth-order valence-electron chi connectivity index (χ4n) is 4.61. The largest absolute Gasteiger partial charge is 0.334 e. The Balaban J connectivity index is 1.76. The topological polar surface area (TPSA) is 29.5 Å². The van der Waals surface area contributed by atoms with E-state index in [9.17, 15) is 4.79 Å². The predicted molar refractivity (Wildman–Crippen MR) is 133 cm³/mol. The summed E-state index contributed by atoms with van der Waals surface area (Å²) < 4.78 is 6.99. The molecule has 33 heavy (non-hydrogen) atoms. The van der Waals surface area contributed by atoms with Crippen LogP contribution < -0.4 is 4.90 Å². The van der Waals surface area contributed by atoms with Gasteiger partial charge in [-0.2, -0.15) is 0 Å². The van der Waals surface area contributed by atoms with Crippen molar-refractivity contribution in [3.63, 3.8) is 0 Å². The van der Waals surface area contributed by atoms with E-state index in [0.717, 1.165) is 27.9 Å². The normalized spacial score (nSPS) is 17.0. The van der Waals surface area contributed by atoms with E-state index in [4.69, 9.17) is 4.74 Å². The summed E-state index contributed by atoms with van der Waals surface area (Å²) in [4.78, 5) is 14.6. The second kappa shape index (κ2) is 8.89. The summed E-state index contributed by atoms with van der Waals surface area (Å²) in [6, 6.07) is 38.6. The van der Waals surface area contributed by atoms with Gasteiger partial charge in [0.25, 0.3) is 0 Å². The Morgan fingerprint density at radius 3 is 1.85 bits per heavy atom. The van der Waals surface area contributed by atoms with E-state index in [1.54, 1.807) is 11.8 Å². The van der Waals surface area contributed by atoms with Crippen LogP contribution in [-0.2, 0) is 15.1 Å². The van der Waals surface area contributed by atoms with Crippen molar-refractivity contribution in [2.45, 2.75) is 18.8 Å². The lowest BCUT2D eigenvalue weighted by Crippen LogP contribution is -2.51. The van der Waals surface area contributed by atoms with Crippen molar-refractivity contribution in [1.29, 1.82) is 0 Å². The van der Waals surface area contributed by atoms with Gasteiger partial charge in [-0.15, -0.1) is 0 Å². The highest BCUT2D eigenvalue weighted by Crippen LogP contribution is 2.49. The maximum atomic E-state index is 12.9. The highest BCUT2D eigenvalue weighted by Gasteiger charge is 2.47. The molecule has 1 aliphatic heterocycles. The lowest BCUT2D eigenvalue weighted by Gasteiger charge is -2.47. The maximum absolute atomic E-state index is 12.9. The zero-order valence-electron chi connectivity index (χ0n) is 18.5. The van der Waals surface area contributed by atoms with E-state index in [0.29, 0.717) is 0 Å². The number of amides is 1. The van der Waals surface area contributed by atoms with Gasteiger partial charge < -0.3 is 4.74 Å². The molecular weight excluding hydrogens is 406 g/mol. The summed E-state index contributed by atoms with van der Waals surface area (Å²) in [6.07, 6.45) is 3.39. The Morgan fingerprint density at radius 2 is 1.27 bits per heavy atom. The first-order chi connectivity index (χ1) is 16.2. The first-order valence-electron chi connectivity index (χ1n) is 11.1. The molecule has 0 saturated heterocycles. The lowest BCUT2D eigenvalue weighted by atomic mass is 9.78. The highest BCUT2D eigenvalue weighted by atomic mass is 16.5. The van der Waals surface area contributed by atoms with Crippen molar-refractivity contribution in [2.75, 3.05) is 4.90 Å². The van der Waals surface area contributed by atoms with Crippen molar-refractivity contribution < 1.29 is 9.53 Å². The van der Waals surface area contributed by atoms with Gasteiger partial charge in [0.1, 0.15) is 5.60 Å². The lowest BCUT2D eigenvalue weighted by molar-refractivity contribution is -0.121. The Kier molecular flexibility index (Phi) is 5.64. The number of carbonyl (C=O) groups excluding carboxylic acids is 1. The Hall–Kier alpha value is -3.95. The third-order valence-electron chi connectivity index (χ3n) is 6.05. The molecule has 0 N–H and O–H groups in total. The zero-order chi connectivity index (χ0) is 22.7. The van der Waals surface area contributed by atoms with E-state index in [-0.39, 0.29) is 5.91 Å². The van der Waals surface area contributed by atoms with E-state index < -0.39 is 11.8 Å². The Labute approximate surface area is 194 Å². The molecule has 1 amide bonds. The number of benzene rings is 4. The highest BCUT2D eigenvalue weighted by molar-refractivity contribution is 5.94. The third-order valence-corrected chi connectivity index (χ3v) is 6.05. The second-order valence-corrected chi connectivity index (χ2v) is 8.10. The SMILES string of the molecule is CC(=O)N1c2ccccc2C(c2ccccc2)(c2ccccc2)OC1C=Cc1ccccc1. The van der Waals surface area contributed by atoms with Crippen LogP contribution in [0.3, 0.4) is 0 Å². The van der Waals surface area contributed by atoms with E-state index in [1.165, 1.54) is 0 Å². The average Bonchev–Trinajstić information content (AvgIpc) is 2.88. The summed E-state index contributed by atoms with van der Waals surface area (Å²) >= 11 is 0. The van der Waals surface area contributed by atoms with Gasteiger partial charge in [-0.05, 0) is 28.8 Å². The monoisotopic (exact) mass is 431 g/mol. The Morgan fingerprint density at radius 1 is 0.758 bits per heavy atom. The Bertz CT molecular complexity index is 1230. The fraction of sp³-hybridized carbons (Fsp3) is 0.100. The number of carbonyl (C=O) groups is 1. The summed E-state index contributed by atoms with van der Waals surface area (Å²) in [5.74, 6) is -0.0696. The second-order valence-electron chi connectivity index (χ2n) is 8.10. The minimum absolute atomic E-state index is 0.0696. The molecule has 0 aliphatic carbocycles. The van der Waals surface area contributed by atoms with Gasteiger partial charge in [-0.25, -0.2) is 0 Å². The average molecular weight is 432 g/mol. The number of para-hydroxylation sites is 1. The van der Waals surface area contributed by atoms with Gasteiger partial charge in [0.15, 0.2) is 6.23 Å². The summed E-state index contributed by atoms with van der Waals surface area (Å²) in [5, 5.41) is 0. The van der Waals surface area contributed by atoms with Crippen LogP contribution in [0.15, 0.2) is 121 Å². The van der Waals surface area contributed by atoms with Crippen molar-refractivity contribution >= 4 is 17.7 Å². The molecule has 3 nitrogen and oxygen atoms in total. The fourth-order valence-corrected chi connectivity index (χ4v) is 4.61. The number of anilines is 1. The molecular formula is C30H25NO2. The van der Waals surface area contributed by atoms with Gasteiger partial charge in [0.2, 0.25) is 5.91 Å². The van der Waals surface area contributed by atoms with Crippen LogP contribution in [0.2, 0.25) is 0 Å². The number of nitrogens with zero attached hydrogens (tertiary/aromatic N) is 1. The summed E-state index contributed by atoms with van der Waals surface area (Å²) in [7, 11) is 0. The molecule has 0 bridgehead atoms. The van der Waals surface area contributed by atoms with Gasteiger partial charge in [0.05, 0.1) is 5.69 Å². The molecule has 1 heterocycles. The van der Waals surface area contributed by atoms with E-state index in [2.05, 4.69) is 30.3 Å². The molecule has 1 unspecified atom stereocenters. The van der Waals surface area contributed by atoms with Gasteiger partial charge in [-0.1, -0.05) is 115 Å². The van der Waals surface area contributed by atoms with Crippen LogP contribution in [0, 0.1) is 0 Å². The van der Waals surface area contributed by atoms with Crippen LogP contribution in [0.1, 0.15) is 29.2 Å². The molecule has 0 fully saturated rings. The van der Waals surface area contributed by atoms with Crippen LogP contribution in [0.4, 0.5) is 5.69 Å². The molecule has 4 aromatic rings. The number of ether oxygens (including phenoxy) is 1. The van der Waals surface area contributed by atoms with Crippen molar-refractivity contribution in [3.8, 4) is 0 Å². The third kappa shape index (κ3) is 3.77. The minimum Gasteiger partial charge on any atom is -0.334 e. The maximum Gasteiger partial charge on any atom is 0.226 e. The predicted octanol–water partition coefficient (Wildman–Crippen LogP) is 6.40. The first kappa shape index (κ1) is 20.9. The van der Waals surface area contributed by atoms with Crippen LogP contribution in [0.5, 0.6) is 0 Å².